The fraction of sp³-hybridized carbons (Fsp3) is 0.286. The average Bonchev–Trinajstić information content (AvgIpc) is 3.08. The Morgan fingerprint density at radius 3 is 2.03 bits per heavy atom. The van der Waals surface area contributed by atoms with Gasteiger partial charge < -0.3 is 5.32 Å². The second-order valence-corrected chi connectivity index (χ2v) is 9.35. The van der Waals surface area contributed by atoms with Crippen molar-refractivity contribution in [2.45, 2.75) is 30.8 Å². The third-order valence-electron chi connectivity index (χ3n) is 8.04. The average molecular weight is 423 g/mol. The van der Waals surface area contributed by atoms with Crippen molar-refractivity contribution in [2.24, 2.45) is 11.8 Å². The largest absolute Gasteiger partial charge is 0.309 e. The van der Waals surface area contributed by atoms with Crippen molar-refractivity contribution in [2.75, 3.05) is 7.05 Å². The van der Waals surface area contributed by atoms with E-state index in [1.54, 1.807) is 7.05 Å². The zero-order chi connectivity index (χ0) is 22.0. The highest BCUT2D eigenvalue weighted by atomic mass is 16.2. The number of imide groups is 1. The van der Waals surface area contributed by atoms with Gasteiger partial charge in [0.15, 0.2) is 0 Å². The molecule has 3 aromatic carbocycles. The van der Waals surface area contributed by atoms with Crippen molar-refractivity contribution < 1.29 is 9.59 Å². The molecule has 1 unspecified atom stereocenters. The monoisotopic (exact) mass is 422 g/mol. The van der Waals surface area contributed by atoms with Crippen LogP contribution in [-0.2, 0) is 21.5 Å². The summed E-state index contributed by atoms with van der Waals surface area (Å²) in [6.07, 6.45) is 0. The van der Waals surface area contributed by atoms with Crippen molar-refractivity contribution in [1.29, 1.82) is 0 Å². The SMILES string of the molecule is CC(NCc1ccccc1)C12c3ccccc3C(c3ccccc31)[C@@H]1C(=O)N(C)C(=O)[C@@H]12. The normalized spacial score (nSPS) is 28.3. The molecule has 0 saturated carbocycles. The van der Waals surface area contributed by atoms with Crippen LogP contribution in [0.15, 0.2) is 78.9 Å². The minimum absolute atomic E-state index is 0.0476. The van der Waals surface area contributed by atoms with Crippen LogP contribution < -0.4 is 5.32 Å². The highest BCUT2D eigenvalue weighted by molar-refractivity contribution is 6.08. The Bertz CT molecular complexity index is 1190. The Balaban J connectivity index is 1.58. The molecule has 0 spiro atoms. The van der Waals surface area contributed by atoms with E-state index in [0.717, 1.165) is 0 Å². The first-order valence-electron chi connectivity index (χ1n) is 11.3. The molecule has 4 nitrogen and oxygen atoms in total. The van der Waals surface area contributed by atoms with Gasteiger partial charge in [0.1, 0.15) is 0 Å². The summed E-state index contributed by atoms with van der Waals surface area (Å²) in [4.78, 5) is 28.4. The smallest absolute Gasteiger partial charge is 0.234 e. The minimum Gasteiger partial charge on any atom is -0.309 e. The van der Waals surface area contributed by atoms with Crippen molar-refractivity contribution in [3.63, 3.8) is 0 Å². The molecule has 2 amide bonds. The van der Waals surface area contributed by atoms with E-state index in [-0.39, 0.29) is 29.7 Å². The molecule has 160 valence electrons. The molecule has 4 aliphatic rings. The lowest BCUT2D eigenvalue weighted by atomic mass is 9.45. The van der Waals surface area contributed by atoms with Gasteiger partial charge in [0, 0.05) is 31.0 Å². The lowest BCUT2D eigenvalue weighted by Gasteiger charge is -2.57. The van der Waals surface area contributed by atoms with Gasteiger partial charge in [0.05, 0.1) is 11.8 Å². The van der Waals surface area contributed by atoms with Gasteiger partial charge in [-0.3, -0.25) is 14.5 Å². The standard InChI is InChI=1S/C28H26N2O2/c1-17(29-16-18-10-4-3-5-11-18)28-21-14-8-6-12-19(21)23(20-13-7-9-15-22(20)28)24-25(28)27(32)30(2)26(24)31/h3-15,17,23-25,29H,16H2,1-2H3/t17?,23?,24-,25+,28?/m0/s1. The number of rotatable bonds is 4. The van der Waals surface area contributed by atoms with Crippen LogP contribution in [0.5, 0.6) is 0 Å². The van der Waals surface area contributed by atoms with E-state index in [0.29, 0.717) is 6.54 Å². The molecule has 1 heterocycles. The Morgan fingerprint density at radius 2 is 1.41 bits per heavy atom. The second-order valence-electron chi connectivity index (χ2n) is 9.35. The fourth-order valence-corrected chi connectivity index (χ4v) is 6.74. The highest BCUT2D eigenvalue weighted by Crippen LogP contribution is 2.64. The molecule has 0 aromatic heterocycles. The third kappa shape index (κ3) is 2.31. The van der Waals surface area contributed by atoms with Crippen molar-refractivity contribution in [3.8, 4) is 0 Å². The number of amides is 2. The summed E-state index contributed by atoms with van der Waals surface area (Å²) in [5, 5.41) is 3.75. The summed E-state index contributed by atoms with van der Waals surface area (Å²) in [5.41, 5.74) is 5.36. The van der Waals surface area contributed by atoms with E-state index in [4.69, 9.17) is 0 Å². The molecule has 0 radical (unpaired) electrons. The second kappa shape index (κ2) is 6.88. The number of likely N-dealkylation sites (tertiary alicyclic amines) is 1. The summed E-state index contributed by atoms with van der Waals surface area (Å²) in [6, 6.07) is 27.2. The van der Waals surface area contributed by atoms with Crippen LogP contribution >= 0.6 is 0 Å². The molecule has 1 aliphatic heterocycles. The van der Waals surface area contributed by atoms with Gasteiger partial charge in [0.2, 0.25) is 11.8 Å². The Morgan fingerprint density at radius 1 is 0.844 bits per heavy atom. The number of carbonyl (C=O) groups excluding carboxylic acids is 2. The highest BCUT2D eigenvalue weighted by Gasteiger charge is 2.68. The maximum Gasteiger partial charge on any atom is 0.234 e. The first-order valence-corrected chi connectivity index (χ1v) is 11.3. The molecule has 1 saturated heterocycles. The Hall–Kier alpha value is -3.24. The first kappa shape index (κ1) is 19.4. The van der Waals surface area contributed by atoms with E-state index >= 15 is 0 Å². The Kier molecular flexibility index (Phi) is 4.18. The Labute approximate surface area is 188 Å². The molecule has 3 aliphatic carbocycles. The van der Waals surface area contributed by atoms with E-state index in [1.165, 1.54) is 32.7 Å². The van der Waals surface area contributed by atoms with Crippen LogP contribution in [-0.4, -0.2) is 29.8 Å². The molecule has 3 aromatic rings. The van der Waals surface area contributed by atoms with Crippen LogP contribution in [0.4, 0.5) is 0 Å². The van der Waals surface area contributed by atoms with Crippen molar-refractivity contribution in [1.82, 2.24) is 10.2 Å². The van der Waals surface area contributed by atoms with Gasteiger partial charge >= 0.3 is 0 Å². The number of nitrogens with one attached hydrogen (secondary N) is 1. The molecule has 1 fully saturated rings. The van der Waals surface area contributed by atoms with Gasteiger partial charge in [-0.15, -0.1) is 0 Å². The predicted molar refractivity (Wildman–Crippen MR) is 123 cm³/mol. The van der Waals surface area contributed by atoms with E-state index in [1.807, 2.05) is 18.2 Å². The van der Waals surface area contributed by atoms with Crippen molar-refractivity contribution >= 4 is 11.8 Å². The molecular formula is C28H26N2O2. The molecule has 32 heavy (non-hydrogen) atoms. The molecule has 1 N–H and O–H groups in total. The first-order chi connectivity index (χ1) is 15.6. The summed E-state index contributed by atoms with van der Waals surface area (Å²) >= 11 is 0. The van der Waals surface area contributed by atoms with Gasteiger partial charge in [-0.2, -0.15) is 0 Å². The molecule has 4 heteroatoms. The van der Waals surface area contributed by atoms with Crippen molar-refractivity contribution in [3.05, 3.63) is 107 Å². The number of nitrogens with zero attached hydrogens (tertiary/aromatic N) is 1. The number of hydrogen-bond donors (Lipinski definition) is 1. The molecule has 3 atom stereocenters. The summed E-state index contributed by atoms with van der Waals surface area (Å²) < 4.78 is 0. The lowest BCUT2D eigenvalue weighted by molar-refractivity contribution is -0.138. The zero-order valence-corrected chi connectivity index (χ0v) is 18.3. The molecule has 7 rings (SSSR count). The molecule has 2 bridgehead atoms. The van der Waals surface area contributed by atoms with E-state index in [9.17, 15) is 9.59 Å². The lowest BCUT2D eigenvalue weighted by Crippen LogP contribution is -2.61. The fourth-order valence-electron chi connectivity index (χ4n) is 6.74. The maximum atomic E-state index is 13.6. The van der Waals surface area contributed by atoms with Crippen LogP contribution in [0.25, 0.3) is 0 Å². The van der Waals surface area contributed by atoms with E-state index < -0.39 is 11.3 Å². The topological polar surface area (TPSA) is 49.4 Å². The minimum atomic E-state index is -0.598. The zero-order valence-electron chi connectivity index (χ0n) is 18.3. The van der Waals surface area contributed by atoms with Crippen LogP contribution in [0.3, 0.4) is 0 Å². The predicted octanol–water partition coefficient (Wildman–Crippen LogP) is 3.84. The van der Waals surface area contributed by atoms with Crippen LogP contribution in [0.2, 0.25) is 0 Å². The van der Waals surface area contributed by atoms with Gasteiger partial charge in [-0.25, -0.2) is 0 Å². The quantitative estimate of drug-likeness (QED) is 0.650. The van der Waals surface area contributed by atoms with Gasteiger partial charge in [-0.1, -0.05) is 78.9 Å². The van der Waals surface area contributed by atoms with Crippen LogP contribution in [0, 0.1) is 11.8 Å². The molecular weight excluding hydrogens is 396 g/mol. The maximum absolute atomic E-state index is 13.6. The van der Waals surface area contributed by atoms with Gasteiger partial charge in [-0.05, 0) is 34.7 Å². The number of carbonyl (C=O) groups is 2. The van der Waals surface area contributed by atoms with Crippen LogP contribution in [0.1, 0.15) is 40.7 Å². The van der Waals surface area contributed by atoms with E-state index in [2.05, 4.69) is 72.9 Å². The van der Waals surface area contributed by atoms with Gasteiger partial charge in [0.25, 0.3) is 0 Å². The third-order valence-corrected chi connectivity index (χ3v) is 8.04. The summed E-state index contributed by atoms with van der Waals surface area (Å²) in [6.45, 7) is 2.88. The number of hydrogen-bond acceptors (Lipinski definition) is 3. The summed E-state index contributed by atoms with van der Waals surface area (Å²) in [7, 11) is 1.65. The summed E-state index contributed by atoms with van der Waals surface area (Å²) in [5.74, 6) is -0.917. The number of benzene rings is 3.